The first-order valence-electron chi connectivity index (χ1n) is 16.3. The van der Waals surface area contributed by atoms with Crippen molar-refractivity contribution in [2.45, 2.75) is 80.4 Å². The summed E-state index contributed by atoms with van der Waals surface area (Å²) in [5, 5.41) is 0. The molecule has 0 aromatic heterocycles. The summed E-state index contributed by atoms with van der Waals surface area (Å²) in [5.74, 6) is 2.56. The van der Waals surface area contributed by atoms with Gasteiger partial charge < -0.3 is 18.9 Å². The largest absolute Gasteiger partial charge is 0.457 e. The molecule has 0 atom stereocenters. The van der Waals surface area contributed by atoms with Crippen LogP contribution in [0.1, 0.15) is 74.9 Å². The summed E-state index contributed by atoms with van der Waals surface area (Å²) >= 11 is 0. The number of benzene rings is 4. The van der Waals surface area contributed by atoms with Crippen LogP contribution in [0.15, 0.2) is 97.1 Å². The lowest BCUT2D eigenvalue weighted by molar-refractivity contribution is -0.410. The van der Waals surface area contributed by atoms with Crippen molar-refractivity contribution in [3.8, 4) is 34.5 Å². The third-order valence-electron chi connectivity index (χ3n) is 7.97. The lowest BCUT2D eigenvalue weighted by Crippen LogP contribution is -2.30. The van der Waals surface area contributed by atoms with Gasteiger partial charge in [-0.25, -0.2) is 19.4 Å². The van der Waals surface area contributed by atoms with E-state index in [0.717, 1.165) is 44.9 Å². The molecular weight excluding hydrogens is 632 g/mol. The van der Waals surface area contributed by atoms with Crippen molar-refractivity contribution in [1.82, 2.24) is 0 Å². The third-order valence-corrected chi connectivity index (χ3v) is 7.97. The van der Waals surface area contributed by atoms with E-state index in [2.05, 4.69) is 13.2 Å². The SMILES string of the molecule is C=C(C)C(=O)Oc1ccc(Oc2c(C)cc(C(C)(C)OOC(C)(C)c3cc(C)c(Oc4ccc(OC(=O)C(=C)C)cc4)c(C)c3)cc2C)cc1. The highest BCUT2D eigenvalue weighted by molar-refractivity contribution is 5.89. The number of hydrogen-bond acceptors (Lipinski definition) is 8. The molecule has 50 heavy (non-hydrogen) atoms. The minimum atomic E-state index is -0.794. The van der Waals surface area contributed by atoms with Crippen LogP contribution in [-0.4, -0.2) is 11.9 Å². The zero-order valence-electron chi connectivity index (χ0n) is 30.6. The Morgan fingerprint density at radius 1 is 0.500 bits per heavy atom. The second-order valence-corrected chi connectivity index (χ2v) is 13.6. The Balaban J connectivity index is 1.43. The van der Waals surface area contributed by atoms with Crippen LogP contribution < -0.4 is 18.9 Å². The first-order valence-corrected chi connectivity index (χ1v) is 16.3. The fraction of sp³-hybridized carbons (Fsp3) is 0.286. The van der Waals surface area contributed by atoms with Crippen molar-refractivity contribution in [3.63, 3.8) is 0 Å². The molecule has 8 heteroatoms. The average molecular weight is 679 g/mol. The van der Waals surface area contributed by atoms with E-state index in [-0.39, 0.29) is 0 Å². The molecule has 4 aromatic rings. The fourth-order valence-electron chi connectivity index (χ4n) is 5.00. The predicted octanol–water partition coefficient (Wildman–Crippen LogP) is 10.6. The molecule has 8 nitrogen and oxygen atoms in total. The van der Waals surface area contributed by atoms with E-state index in [9.17, 15) is 9.59 Å². The number of rotatable bonds is 13. The molecule has 0 aliphatic heterocycles. The summed E-state index contributed by atoms with van der Waals surface area (Å²) < 4.78 is 23.0. The smallest absolute Gasteiger partial charge is 0.338 e. The molecule has 0 saturated heterocycles. The van der Waals surface area contributed by atoms with E-state index < -0.39 is 23.1 Å². The molecule has 262 valence electrons. The zero-order chi connectivity index (χ0) is 37.0. The van der Waals surface area contributed by atoms with Crippen LogP contribution >= 0.6 is 0 Å². The molecule has 0 amide bonds. The molecule has 0 radical (unpaired) electrons. The normalized spacial score (nSPS) is 11.5. The van der Waals surface area contributed by atoms with Gasteiger partial charge in [0.1, 0.15) is 45.7 Å². The average Bonchev–Trinajstić information content (AvgIpc) is 3.04. The number of ether oxygens (including phenoxy) is 4. The molecule has 0 spiro atoms. The number of esters is 2. The minimum absolute atomic E-state index is 0.328. The van der Waals surface area contributed by atoms with Crippen molar-refractivity contribution in [2.24, 2.45) is 0 Å². The van der Waals surface area contributed by atoms with Crippen LogP contribution in [0.4, 0.5) is 0 Å². The topological polar surface area (TPSA) is 89.5 Å². The van der Waals surface area contributed by atoms with Crippen molar-refractivity contribution in [1.29, 1.82) is 0 Å². The second kappa shape index (κ2) is 15.2. The molecule has 4 rings (SSSR count). The molecule has 0 heterocycles. The van der Waals surface area contributed by atoms with E-state index in [4.69, 9.17) is 28.7 Å². The van der Waals surface area contributed by atoms with Crippen LogP contribution in [0.2, 0.25) is 0 Å². The summed E-state index contributed by atoms with van der Waals surface area (Å²) in [6.07, 6.45) is 0. The summed E-state index contributed by atoms with van der Waals surface area (Å²) in [6, 6.07) is 21.8. The van der Waals surface area contributed by atoms with Gasteiger partial charge in [0.05, 0.1) is 0 Å². The van der Waals surface area contributed by atoms with Crippen molar-refractivity contribution >= 4 is 11.9 Å². The molecular formula is C42H46O8. The highest BCUT2D eigenvalue weighted by atomic mass is 17.2. The van der Waals surface area contributed by atoms with Crippen LogP contribution in [0.25, 0.3) is 0 Å². The van der Waals surface area contributed by atoms with E-state index in [1.165, 1.54) is 0 Å². The van der Waals surface area contributed by atoms with Gasteiger partial charge in [-0.1, -0.05) is 13.2 Å². The summed E-state index contributed by atoms with van der Waals surface area (Å²) in [4.78, 5) is 36.0. The Morgan fingerprint density at radius 3 is 1.02 bits per heavy atom. The minimum Gasteiger partial charge on any atom is -0.457 e. The summed E-state index contributed by atoms with van der Waals surface area (Å²) in [5.41, 5.74) is 4.63. The van der Waals surface area contributed by atoms with Gasteiger partial charge >= 0.3 is 11.9 Å². The summed E-state index contributed by atoms with van der Waals surface area (Å²) in [6.45, 7) is 26.2. The molecule has 0 aliphatic carbocycles. The molecule has 4 aromatic carbocycles. The van der Waals surface area contributed by atoms with Crippen LogP contribution in [0.5, 0.6) is 34.5 Å². The van der Waals surface area contributed by atoms with Crippen LogP contribution in [0, 0.1) is 27.7 Å². The van der Waals surface area contributed by atoms with Crippen molar-refractivity contribution in [2.75, 3.05) is 0 Å². The van der Waals surface area contributed by atoms with Crippen molar-refractivity contribution < 1.29 is 38.3 Å². The van der Waals surface area contributed by atoms with Gasteiger partial charge in [-0.2, -0.15) is 0 Å². The first-order chi connectivity index (χ1) is 23.4. The lowest BCUT2D eigenvalue weighted by atomic mass is 9.93. The molecule has 0 saturated carbocycles. The predicted molar refractivity (Wildman–Crippen MR) is 194 cm³/mol. The van der Waals surface area contributed by atoms with Crippen LogP contribution in [0.3, 0.4) is 0 Å². The van der Waals surface area contributed by atoms with Gasteiger partial charge in [-0.05, 0) is 175 Å². The number of carbonyl (C=O) groups is 2. The monoisotopic (exact) mass is 678 g/mol. The first kappa shape index (κ1) is 37.6. The Bertz CT molecular complexity index is 1730. The standard InChI is InChI=1S/C42H46O8/c1-25(2)39(43)47-35-17-13-33(14-18-35)45-37-27(5)21-31(22-28(37)6)41(9,10)49-50-42(11,12)32-23-29(7)38(30(8)24-32)46-34-15-19-36(20-16-34)48-40(44)26(3)4/h13-24H,1,3H2,2,4-12H3. The second-order valence-electron chi connectivity index (χ2n) is 13.6. The molecule has 0 fully saturated rings. The van der Waals surface area contributed by atoms with Gasteiger partial charge in [0, 0.05) is 11.1 Å². The highest BCUT2D eigenvalue weighted by Crippen LogP contribution is 2.39. The van der Waals surface area contributed by atoms with E-state index >= 15 is 0 Å². The number of hydrogen-bond donors (Lipinski definition) is 0. The Hall–Kier alpha value is -5.18. The lowest BCUT2D eigenvalue weighted by Gasteiger charge is -2.32. The van der Waals surface area contributed by atoms with E-state index in [1.54, 1.807) is 62.4 Å². The number of carbonyl (C=O) groups excluding carboxylic acids is 2. The van der Waals surface area contributed by atoms with Crippen molar-refractivity contribution in [3.05, 3.63) is 130 Å². The summed E-state index contributed by atoms with van der Waals surface area (Å²) in [7, 11) is 0. The van der Waals surface area contributed by atoms with Crippen LogP contribution in [-0.2, 0) is 30.6 Å². The molecule has 0 unspecified atom stereocenters. The molecule has 0 bridgehead atoms. The molecule has 0 N–H and O–H groups in total. The highest BCUT2D eigenvalue weighted by Gasteiger charge is 2.31. The van der Waals surface area contributed by atoms with Gasteiger partial charge in [0.25, 0.3) is 0 Å². The van der Waals surface area contributed by atoms with E-state index in [0.29, 0.717) is 34.1 Å². The van der Waals surface area contributed by atoms with Gasteiger partial charge in [0.2, 0.25) is 0 Å². The maximum absolute atomic E-state index is 11.8. The van der Waals surface area contributed by atoms with Gasteiger partial charge in [0.15, 0.2) is 0 Å². The number of aryl methyl sites for hydroxylation is 4. The van der Waals surface area contributed by atoms with Gasteiger partial charge in [-0.15, -0.1) is 0 Å². The fourth-order valence-corrected chi connectivity index (χ4v) is 5.00. The molecule has 0 aliphatic rings. The van der Waals surface area contributed by atoms with Gasteiger partial charge in [-0.3, -0.25) is 0 Å². The quantitative estimate of drug-likeness (QED) is 0.0454. The third kappa shape index (κ3) is 9.28. The Labute approximate surface area is 295 Å². The maximum atomic E-state index is 11.8. The Morgan fingerprint density at radius 2 is 0.760 bits per heavy atom. The van der Waals surface area contributed by atoms with E-state index in [1.807, 2.05) is 79.7 Å². The Kier molecular flexibility index (Phi) is 11.4. The zero-order valence-corrected chi connectivity index (χ0v) is 30.6. The maximum Gasteiger partial charge on any atom is 0.338 e.